The molecule has 0 atom stereocenters. The van der Waals surface area contributed by atoms with E-state index in [0.717, 1.165) is 25.3 Å². The molecule has 0 aromatic heterocycles. The highest BCUT2D eigenvalue weighted by Crippen LogP contribution is 2.54. The summed E-state index contributed by atoms with van der Waals surface area (Å²) in [4.78, 5) is 11.0. The summed E-state index contributed by atoms with van der Waals surface area (Å²) in [7, 11) is -9.53. The fourth-order valence-electron chi connectivity index (χ4n) is 4.29. The van der Waals surface area contributed by atoms with E-state index in [4.69, 9.17) is 11.6 Å². The first-order valence-corrected chi connectivity index (χ1v) is 14.0. The van der Waals surface area contributed by atoms with Crippen LogP contribution >= 0.6 is 11.6 Å². The Morgan fingerprint density at radius 2 is 1.68 bits per heavy atom. The van der Waals surface area contributed by atoms with Crippen LogP contribution in [0.2, 0.25) is 5.02 Å². The molecule has 0 radical (unpaired) electrons. The summed E-state index contributed by atoms with van der Waals surface area (Å²) < 4.78 is 124. The number of rotatable bonds is 9. The number of carbonyl (C=O) groups is 1. The van der Waals surface area contributed by atoms with Crippen LogP contribution in [0.15, 0.2) is 47.4 Å². The van der Waals surface area contributed by atoms with E-state index in [1.807, 2.05) is 0 Å². The van der Waals surface area contributed by atoms with E-state index in [9.17, 15) is 43.6 Å². The number of ether oxygens (including phenoxy) is 1. The lowest BCUT2D eigenvalue weighted by molar-refractivity contribution is -0.140. The Morgan fingerprint density at radius 3 is 2.22 bits per heavy atom. The molecule has 0 amide bonds. The minimum absolute atomic E-state index is 0.0583. The Hall–Kier alpha value is -2.29. The molecule has 37 heavy (non-hydrogen) atoms. The number of hydrogen-bond donors (Lipinski definition) is 0. The third-order valence-corrected chi connectivity index (χ3v) is 10.6. The average molecular weight is 590 g/mol. The van der Waals surface area contributed by atoms with Gasteiger partial charge in [-0.05, 0) is 61.7 Å². The van der Waals surface area contributed by atoms with Crippen LogP contribution in [-0.2, 0) is 34.1 Å². The van der Waals surface area contributed by atoms with Crippen LogP contribution in [0.25, 0.3) is 0 Å². The highest BCUT2D eigenvalue weighted by atomic mass is 35.5. The molecule has 204 valence electrons. The topological polar surface area (TPSA) is 97.8 Å². The number of alkyl halides is 3. The van der Waals surface area contributed by atoms with Crippen molar-refractivity contribution in [3.05, 3.63) is 64.7 Å². The van der Waals surface area contributed by atoms with E-state index in [-0.39, 0.29) is 20.6 Å². The lowest BCUT2D eigenvalue weighted by atomic mass is 9.74. The Balaban J connectivity index is 2.08. The number of esters is 1. The molecule has 1 fully saturated rings. The van der Waals surface area contributed by atoms with Gasteiger partial charge in [0.1, 0.15) is 16.4 Å². The van der Waals surface area contributed by atoms with Gasteiger partial charge < -0.3 is 4.74 Å². The third-order valence-electron chi connectivity index (χ3n) is 6.18. The predicted molar refractivity (Wildman–Crippen MR) is 123 cm³/mol. The predicted octanol–water partition coefficient (Wildman–Crippen LogP) is 4.55. The van der Waals surface area contributed by atoms with Crippen molar-refractivity contribution in [1.82, 2.24) is 4.31 Å². The number of carbonyl (C=O) groups excluding carboxylic acids is 1. The first-order chi connectivity index (χ1) is 17.1. The Kier molecular flexibility index (Phi) is 8.28. The quantitative estimate of drug-likeness (QED) is 0.314. The molecule has 7 nitrogen and oxygen atoms in total. The van der Waals surface area contributed by atoms with Gasteiger partial charge in [-0.15, -0.1) is 0 Å². The molecule has 0 saturated heterocycles. The van der Waals surface area contributed by atoms with Gasteiger partial charge in [-0.1, -0.05) is 11.6 Å². The maximum atomic E-state index is 14.9. The van der Waals surface area contributed by atoms with Crippen LogP contribution in [0, 0.1) is 11.6 Å². The molecule has 1 aliphatic rings. The van der Waals surface area contributed by atoms with Crippen molar-refractivity contribution in [1.29, 1.82) is 0 Å². The van der Waals surface area contributed by atoms with Gasteiger partial charge in [-0.2, -0.15) is 17.5 Å². The first kappa shape index (κ1) is 29.3. The van der Waals surface area contributed by atoms with Gasteiger partial charge in [0.25, 0.3) is 0 Å². The lowest BCUT2D eigenvalue weighted by Crippen LogP contribution is -2.60. The molecule has 2 aromatic carbocycles. The summed E-state index contributed by atoms with van der Waals surface area (Å²) in [6, 6.07) is 5.16. The molecule has 2 aromatic rings. The van der Waals surface area contributed by atoms with E-state index in [1.165, 1.54) is 12.1 Å². The molecular formula is C22H21ClF5NO6S2. The normalized spacial score (nSPS) is 20.5. The molecular weight excluding hydrogens is 569 g/mol. The Labute approximate surface area is 215 Å². The minimum Gasteiger partial charge on any atom is -0.469 e. The van der Waals surface area contributed by atoms with Gasteiger partial charge >= 0.3 is 21.5 Å². The van der Waals surface area contributed by atoms with E-state index < -0.39 is 85.1 Å². The highest BCUT2D eigenvalue weighted by Gasteiger charge is 2.62. The largest absolute Gasteiger partial charge is 0.511 e. The third kappa shape index (κ3) is 5.47. The molecule has 0 bridgehead atoms. The zero-order valence-corrected chi connectivity index (χ0v) is 21.5. The summed E-state index contributed by atoms with van der Waals surface area (Å²) >= 11 is 5.81. The van der Waals surface area contributed by atoms with Crippen LogP contribution in [0.3, 0.4) is 0 Å². The summed E-state index contributed by atoms with van der Waals surface area (Å²) in [5.41, 5.74) is -6.37. The highest BCUT2D eigenvalue weighted by molar-refractivity contribution is 7.92. The monoisotopic (exact) mass is 589 g/mol. The van der Waals surface area contributed by atoms with Crippen LogP contribution < -0.4 is 0 Å². The number of halogens is 6. The van der Waals surface area contributed by atoms with E-state index in [0.29, 0.717) is 12.1 Å². The van der Waals surface area contributed by atoms with Crippen molar-refractivity contribution in [2.45, 2.75) is 46.9 Å². The number of sulfonamides is 1. The Morgan fingerprint density at radius 1 is 1.08 bits per heavy atom. The van der Waals surface area contributed by atoms with Gasteiger partial charge in [0, 0.05) is 29.6 Å². The molecule has 0 N–H and O–H groups in total. The zero-order chi connectivity index (χ0) is 27.8. The summed E-state index contributed by atoms with van der Waals surface area (Å²) in [6.07, 6.45) is -2.36. The van der Waals surface area contributed by atoms with Crippen LogP contribution in [0.5, 0.6) is 0 Å². The molecule has 15 heteroatoms. The van der Waals surface area contributed by atoms with Crippen molar-refractivity contribution < 1.29 is 48.3 Å². The second-order valence-corrected chi connectivity index (χ2v) is 13.0. The fraction of sp³-hybridized carbons (Fsp3) is 0.409. The maximum absolute atomic E-state index is 14.9. The van der Waals surface area contributed by atoms with Gasteiger partial charge in [-0.25, -0.2) is 25.6 Å². The Bertz CT molecular complexity index is 1380. The SMILES string of the molecule is COC(=O)CCCN(C1CC(c2cc(F)ccc2F)(S(=O)(=O)c2ccc(Cl)cc2)C1)S(=O)(=O)C(F)(F)F. The van der Waals surface area contributed by atoms with Crippen molar-refractivity contribution in [2.24, 2.45) is 0 Å². The fourth-order valence-corrected chi connectivity index (χ4v) is 7.81. The molecule has 0 unspecified atom stereocenters. The van der Waals surface area contributed by atoms with Crippen molar-refractivity contribution in [3.8, 4) is 0 Å². The van der Waals surface area contributed by atoms with Crippen LogP contribution in [0.4, 0.5) is 22.0 Å². The van der Waals surface area contributed by atoms with E-state index >= 15 is 0 Å². The van der Waals surface area contributed by atoms with Crippen LogP contribution in [-0.4, -0.2) is 52.3 Å². The number of hydrogen-bond acceptors (Lipinski definition) is 6. The van der Waals surface area contributed by atoms with Crippen LogP contribution in [0.1, 0.15) is 31.2 Å². The second kappa shape index (κ2) is 10.5. The van der Waals surface area contributed by atoms with E-state index in [2.05, 4.69) is 4.74 Å². The number of methoxy groups -OCH3 is 1. The molecule has 3 rings (SSSR count). The van der Waals surface area contributed by atoms with Crippen molar-refractivity contribution >= 4 is 37.4 Å². The summed E-state index contributed by atoms with van der Waals surface area (Å²) in [6.45, 7) is -0.787. The number of benzene rings is 2. The van der Waals surface area contributed by atoms with E-state index in [1.54, 1.807) is 0 Å². The molecule has 0 spiro atoms. The van der Waals surface area contributed by atoms with Crippen molar-refractivity contribution in [3.63, 3.8) is 0 Å². The van der Waals surface area contributed by atoms with Gasteiger partial charge in [0.15, 0.2) is 9.84 Å². The average Bonchev–Trinajstić information content (AvgIpc) is 2.78. The molecule has 0 heterocycles. The summed E-state index contributed by atoms with van der Waals surface area (Å²) in [5.74, 6) is -2.92. The van der Waals surface area contributed by atoms with Gasteiger partial charge in [-0.3, -0.25) is 4.79 Å². The van der Waals surface area contributed by atoms with Gasteiger partial charge in [0.05, 0.1) is 12.0 Å². The molecule has 1 aliphatic carbocycles. The minimum atomic E-state index is -5.97. The number of sulfone groups is 1. The first-order valence-electron chi connectivity index (χ1n) is 10.7. The second-order valence-electron chi connectivity index (χ2n) is 8.38. The lowest BCUT2D eigenvalue weighted by Gasteiger charge is -2.50. The molecule has 0 aliphatic heterocycles. The van der Waals surface area contributed by atoms with Crippen molar-refractivity contribution in [2.75, 3.05) is 13.7 Å². The summed E-state index contributed by atoms with van der Waals surface area (Å²) in [5, 5.41) is 0.171. The zero-order valence-electron chi connectivity index (χ0n) is 19.1. The molecule has 1 saturated carbocycles. The standard InChI is InChI=1S/C22H21ClF5NO6S2/c1-35-20(30)3-2-10-29(37(33,34)22(26,27)28)16-12-21(13-16,18-11-15(24)6-9-19(18)25)36(31,32)17-7-4-14(23)5-8-17/h4-9,11,16H,2-3,10,12-13H2,1H3. The number of nitrogens with zero attached hydrogens (tertiary/aromatic N) is 1. The smallest absolute Gasteiger partial charge is 0.469 e. The van der Waals surface area contributed by atoms with Gasteiger partial charge in [0.2, 0.25) is 0 Å². The maximum Gasteiger partial charge on any atom is 0.511 e.